The fourth-order valence-corrected chi connectivity index (χ4v) is 1.99. The molecule has 0 N–H and O–H groups in total. The van der Waals surface area contributed by atoms with Crippen LogP contribution in [-0.2, 0) is 7.05 Å². The normalized spacial score (nSPS) is 10.5. The molecule has 1 aromatic heterocycles. The summed E-state index contributed by atoms with van der Waals surface area (Å²) in [6.45, 7) is 1.37. The lowest BCUT2D eigenvalue weighted by molar-refractivity contribution is 0.101. The molecule has 1 heterocycles. The minimum atomic E-state index is -0.326. The van der Waals surface area contributed by atoms with E-state index in [1.807, 2.05) is 24.3 Å². The van der Waals surface area contributed by atoms with Gasteiger partial charge in [0.05, 0.1) is 12.6 Å². The number of carbonyl (C=O) groups is 1. The smallest absolute Gasteiger partial charge is 0.265 e. The molecular weight excluding hydrogens is 218 g/mol. The van der Waals surface area contributed by atoms with Gasteiger partial charge in [-0.25, -0.2) is 0 Å². The zero-order valence-corrected chi connectivity index (χ0v) is 9.98. The van der Waals surface area contributed by atoms with E-state index >= 15 is 0 Å². The first-order chi connectivity index (χ1) is 8.07. The van der Waals surface area contributed by atoms with E-state index in [9.17, 15) is 9.59 Å². The van der Waals surface area contributed by atoms with Gasteiger partial charge in [-0.15, -0.1) is 0 Å². The predicted molar refractivity (Wildman–Crippen MR) is 65.7 cm³/mol. The summed E-state index contributed by atoms with van der Waals surface area (Å²) in [5, 5.41) is 0.766. The molecule has 4 heteroatoms. The van der Waals surface area contributed by atoms with Crippen molar-refractivity contribution in [2.45, 2.75) is 6.92 Å². The Morgan fingerprint density at radius 2 is 1.94 bits per heavy atom. The standard InChI is InChI=1S/C13H13NO3/c1-8(15)11-12(17-3)9-6-4-5-7-10(9)14(2)13(11)16/h4-7H,1-3H3. The largest absolute Gasteiger partial charge is 0.495 e. The first kappa shape index (κ1) is 11.4. The molecule has 0 saturated heterocycles. The lowest BCUT2D eigenvalue weighted by atomic mass is 10.1. The van der Waals surface area contributed by atoms with Gasteiger partial charge in [-0.1, -0.05) is 12.1 Å². The van der Waals surface area contributed by atoms with Crippen LogP contribution < -0.4 is 10.3 Å². The molecule has 0 amide bonds. The second kappa shape index (κ2) is 4.05. The Labute approximate surface area is 98.4 Å². The van der Waals surface area contributed by atoms with Crippen LogP contribution in [0.5, 0.6) is 5.75 Å². The summed E-state index contributed by atoms with van der Waals surface area (Å²) in [6.07, 6.45) is 0. The first-order valence-electron chi connectivity index (χ1n) is 5.24. The van der Waals surface area contributed by atoms with Gasteiger partial charge in [0.15, 0.2) is 5.78 Å². The number of carbonyl (C=O) groups excluding carboxylic acids is 1. The molecule has 0 fully saturated rings. The van der Waals surface area contributed by atoms with Gasteiger partial charge in [0.2, 0.25) is 0 Å². The van der Waals surface area contributed by atoms with Crippen molar-refractivity contribution in [1.82, 2.24) is 4.57 Å². The molecule has 2 rings (SSSR count). The zero-order valence-electron chi connectivity index (χ0n) is 9.98. The van der Waals surface area contributed by atoms with Crippen molar-refractivity contribution >= 4 is 16.7 Å². The molecule has 17 heavy (non-hydrogen) atoms. The fraction of sp³-hybridized carbons (Fsp3) is 0.231. The summed E-state index contributed by atoms with van der Waals surface area (Å²) in [6, 6.07) is 7.34. The van der Waals surface area contributed by atoms with Gasteiger partial charge in [0, 0.05) is 12.4 Å². The molecule has 2 aromatic rings. The lowest BCUT2D eigenvalue weighted by Gasteiger charge is -2.12. The van der Waals surface area contributed by atoms with Crippen LogP contribution in [0, 0.1) is 0 Å². The first-order valence-corrected chi connectivity index (χ1v) is 5.24. The number of para-hydroxylation sites is 1. The lowest BCUT2D eigenvalue weighted by Crippen LogP contribution is -2.24. The molecule has 0 bridgehead atoms. The quantitative estimate of drug-likeness (QED) is 0.740. The second-order valence-electron chi connectivity index (χ2n) is 3.85. The highest BCUT2D eigenvalue weighted by atomic mass is 16.5. The number of nitrogens with zero attached hydrogens (tertiary/aromatic N) is 1. The van der Waals surface area contributed by atoms with Crippen LogP contribution in [0.2, 0.25) is 0 Å². The summed E-state index contributed by atoms with van der Waals surface area (Å²) in [5.74, 6) is 0.0735. The molecule has 0 spiro atoms. The van der Waals surface area contributed by atoms with E-state index in [0.29, 0.717) is 5.75 Å². The molecule has 0 unspecified atom stereocenters. The summed E-state index contributed by atoms with van der Waals surface area (Å²) in [7, 11) is 3.12. The Morgan fingerprint density at radius 1 is 1.29 bits per heavy atom. The van der Waals surface area contributed by atoms with Crippen LogP contribution in [0.1, 0.15) is 17.3 Å². The Kier molecular flexibility index (Phi) is 2.71. The maximum absolute atomic E-state index is 12.1. The average molecular weight is 231 g/mol. The van der Waals surface area contributed by atoms with Gasteiger partial charge in [0.25, 0.3) is 5.56 Å². The summed E-state index contributed by atoms with van der Waals surface area (Å²) in [5.41, 5.74) is 0.529. The number of pyridine rings is 1. The highest BCUT2D eigenvalue weighted by Gasteiger charge is 2.18. The predicted octanol–water partition coefficient (Wildman–Crippen LogP) is 1.75. The number of hydrogen-bond acceptors (Lipinski definition) is 3. The summed E-state index contributed by atoms with van der Waals surface area (Å²) >= 11 is 0. The minimum Gasteiger partial charge on any atom is -0.495 e. The van der Waals surface area contributed by atoms with Crippen molar-refractivity contribution in [3.05, 3.63) is 40.2 Å². The number of ketones is 1. The summed E-state index contributed by atoms with van der Waals surface area (Å²) < 4.78 is 6.69. The van der Waals surface area contributed by atoms with Crippen LogP contribution in [0.3, 0.4) is 0 Å². The Bertz CT molecular complexity index is 655. The van der Waals surface area contributed by atoms with E-state index < -0.39 is 0 Å². The molecule has 0 atom stereocenters. The fourth-order valence-electron chi connectivity index (χ4n) is 1.99. The van der Waals surface area contributed by atoms with Gasteiger partial charge in [0.1, 0.15) is 11.3 Å². The molecule has 1 aromatic carbocycles. The van der Waals surface area contributed by atoms with Crippen molar-refractivity contribution < 1.29 is 9.53 Å². The number of hydrogen-bond donors (Lipinski definition) is 0. The maximum atomic E-state index is 12.1. The van der Waals surface area contributed by atoms with E-state index in [1.54, 1.807) is 7.05 Å². The Hall–Kier alpha value is -2.10. The van der Waals surface area contributed by atoms with Gasteiger partial charge in [-0.2, -0.15) is 0 Å². The topological polar surface area (TPSA) is 48.3 Å². The number of ether oxygens (including phenoxy) is 1. The van der Waals surface area contributed by atoms with Crippen molar-refractivity contribution in [3.8, 4) is 5.75 Å². The molecule has 0 radical (unpaired) electrons. The van der Waals surface area contributed by atoms with Crippen molar-refractivity contribution in [2.24, 2.45) is 7.05 Å². The highest BCUT2D eigenvalue weighted by molar-refractivity contribution is 6.02. The molecule has 88 valence electrons. The van der Waals surface area contributed by atoms with Crippen LogP contribution in [0.15, 0.2) is 29.1 Å². The molecule has 0 aliphatic heterocycles. The third-order valence-corrected chi connectivity index (χ3v) is 2.81. The van der Waals surface area contributed by atoms with Crippen LogP contribution >= 0.6 is 0 Å². The number of fused-ring (bicyclic) bond motifs is 1. The molecule has 0 aliphatic rings. The number of benzene rings is 1. The second-order valence-corrected chi connectivity index (χ2v) is 3.85. The van der Waals surface area contributed by atoms with Gasteiger partial charge >= 0.3 is 0 Å². The van der Waals surface area contributed by atoms with Gasteiger partial charge < -0.3 is 9.30 Å². The van der Waals surface area contributed by atoms with Crippen molar-refractivity contribution in [2.75, 3.05) is 7.11 Å². The Balaban J connectivity index is 3.06. The molecule has 0 saturated carbocycles. The van der Waals surface area contributed by atoms with E-state index in [0.717, 1.165) is 10.9 Å². The number of aromatic nitrogens is 1. The average Bonchev–Trinajstić information content (AvgIpc) is 2.33. The number of Topliss-reactive ketones (excluding diaryl/α,β-unsaturated/α-hetero) is 1. The van der Waals surface area contributed by atoms with E-state index in [2.05, 4.69) is 0 Å². The third-order valence-electron chi connectivity index (χ3n) is 2.81. The molecule has 0 aliphatic carbocycles. The Morgan fingerprint density at radius 3 is 2.53 bits per heavy atom. The zero-order chi connectivity index (χ0) is 12.6. The van der Waals surface area contributed by atoms with Crippen molar-refractivity contribution in [1.29, 1.82) is 0 Å². The number of rotatable bonds is 2. The van der Waals surface area contributed by atoms with Crippen LogP contribution in [-0.4, -0.2) is 17.5 Å². The van der Waals surface area contributed by atoms with Crippen LogP contribution in [0.4, 0.5) is 0 Å². The van der Waals surface area contributed by atoms with E-state index in [-0.39, 0.29) is 16.9 Å². The third kappa shape index (κ3) is 1.62. The minimum absolute atomic E-state index is 0.105. The van der Waals surface area contributed by atoms with Crippen LogP contribution in [0.25, 0.3) is 10.9 Å². The van der Waals surface area contributed by atoms with Gasteiger partial charge in [-0.3, -0.25) is 9.59 Å². The van der Waals surface area contributed by atoms with E-state index in [4.69, 9.17) is 4.74 Å². The monoisotopic (exact) mass is 231 g/mol. The number of methoxy groups -OCH3 is 1. The van der Waals surface area contributed by atoms with Gasteiger partial charge in [-0.05, 0) is 19.1 Å². The summed E-state index contributed by atoms with van der Waals surface area (Å²) in [4.78, 5) is 23.6. The molecular formula is C13H13NO3. The maximum Gasteiger partial charge on any atom is 0.265 e. The SMILES string of the molecule is COc1c(C(C)=O)c(=O)n(C)c2ccccc12. The van der Waals surface area contributed by atoms with Crippen molar-refractivity contribution in [3.63, 3.8) is 0 Å². The number of aryl methyl sites for hydroxylation is 1. The highest BCUT2D eigenvalue weighted by Crippen LogP contribution is 2.26. The van der Waals surface area contributed by atoms with E-state index in [1.165, 1.54) is 18.6 Å². The molecule has 4 nitrogen and oxygen atoms in total.